The summed E-state index contributed by atoms with van der Waals surface area (Å²) in [6, 6.07) is 12.2. The molecule has 0 saturated carbocycles. The van der Waals surface area contributed by atoms with E-state index in [1.807, 2.05) is 19.2 Å². The number of carbonyl (C=O) groups is 4. The lowest BCUT2D eigenvalue weighted by Crippen LogP contribution is -2.74. The van der Waals surface area contributed by atoms with E-state index in [1.165, 1.54) is 13.8 Å². The molecular weight excluding hydrogens is 643 g/mol. The zero-order valence-electron chi connectivity index (χ0n) is 26.4. The Balaban J connectivity index is 0.000000582. The van der Waals surface area contributed by atoms with Gasteiger partial charge in [0.05, 0.1) is 18.1 Å². The largest absolute Gasteiger partial charge is 0.493 e. The quantitative estimate of drug-likeness (QED) is 0.326. The number of likely N-dealkylation sites (tertiary alicyclic amines) is 1. The summed E-state index contributed by atoms with van der Waals surface area (Å²) in [5.74, 6) is -3.76. The Hall–Kier alpha value is -4.63. The van der Waals surface area contributed by atoms with Gasteiger partial charge in [0.15, 0.2) is 23.7 Å². The van der Waals surface area contributed by atoms with E-state index >= 15 is 0 Å². The van der Waals surface area contributed by atoms with Crippen molar-refractivity contribution in [2.24, 2.45) is 0 Å². The Bertz CT molecular complexity index is 1650. The first kappa shape index (κ1) is 34.7. The monoisotopic (exact) mass is 677 g/mol. The smallest absolute Gasteiger partial charge is 0.490 e. The van der Waals surface area contributed by atoms with Gasteiger partial charge in [0.1, 0.15) is 5.76 Å². The van der Waals surface area contributed by atoms with Crippen LogP contribution in [-0.2, 0) is 45.2 Å². The summed E-state index contributed by atoms with van der Waals surface area (Å²) in [6.07, 6.45) is -5.27. The molecule has 258 valence electrons. The number of hydrogen-bond acceptors (Lipinski definition) is 11. The van der Waals surface area contributed by atoms with Crippen molar-refractivity contribution in [3.8, 4) is 11.5 Å². The van der Waals surface area contributed by atoms with Crippen molar-refractivity contribution in [2.45, 2.75) is 74.7 Å². The summed E-state index contributed by atoms with van der Waals surface area (Å²) >= 11 is 0. The maximum Gasteiger partial charge on any atom is 0.490 e. The van der Waals surface area contributed by atoms with E-state index in [-0.39, 0.29) is 18.2 Å². The van der Waals surface area contributed by atoms with Crippen LogP contribution in [0.4, 0.5) is 13.2 Å². The number of ether oxygens (including phenoxy) is 5. The lowest BCUT2D eigenvalue weighted by atomic mass is 9.50. The van der Waals surface area contributed by atoms with E-state index in [0.717, 1.165) is 17.7 Å². The summed E-state index contributed by atoms with van der Waals surface area (Å²) in [4.78, 5) is 49.0. The number of aliphatic carboxylic acids is 1. The number of carboxylic acid groups (broad SMARTS) is 1. The first-order chi connectivity index (χ1) is 22.5. The fourth-order valence-electron chi connectivity index (χ4n) is 7.12. The van der Waals surface area contributed by atoms with Gasteiger partial charge in [-0.2, -0.15) is 13.2 Å². The van der Waals surface area contributed by atoms with E-state index in [4.69, 9.17) is 33.6 Å². The van der Waals surface area contributed by atoms with Gasteiger partial charge in [0.2, 0.25) is 6.10 Å². The maximum atomic E-state index is 13.3. The minimum atomic E-state index is -5.08. The molecule has 2 aliphatic heterocycles. The van der Waals surface area contributed by atoms with Gasteiger partial charge in [-0.05, 0) is 51.1 Å². The highest BCUT2D eigenvalue weighted by molar-refractivity contribution is 5.84. The van der Waals surface area contributed by atoms with Gasteiger partial charge in [-0.15, -0.1) is 0 Å². The van der Waals surface area contributed by atoms with Crippen molar-refractivity contribution in [2.75, 3.05) is 20.7 Å². The Kier molecular flexibility index (Phi) is 9.23. The zero-order chi connectivity index (χ0) is 35.2. The Morgan fingerprint density at radius 3 is 2.33 bits per heavy atom. The second-order valence-corrected chi connectivity index (χ2v) is 12.0. The summed E-state index contributed by atoms with van der Waals surface area (Å²) in [5.41, 5.74) is 0.437. The maximum absolute atomic E-state index is 13.3. The number of aliphatic hydroxyl groups is 1. The fraction of sp³-hybridized carbons (Fsp3) is 0.455. The molecule has 1 fully saturated rings. The van der Waals surface area contributed by atoms with E-state index in [1.54, 1.807) is 43.5 Å². The SMILES string of the molecule is COc1ccc2c3c1O[C@H]1C(OC(=O)[C@H](C)OC(=O)[C@@H](OC(C)=O)c4ccccc4)=CC[C@]4(O)C(C2)N(C)CC[C@]314.O=C(O)C(F)(F)F. The van der Waals surface area contributed by atoms with Crippen molar-refractivity contribution in [3.05, 3.63) is 71.0 Å². The number of nitrogens with zero attached hydrogens (tertiary/aromatic N) is 1. The molecule has 2 N–H and O–H groups in total. The predicted molar refractivity (Wildman–Crippen MR) is 158 cm³/mol. The Morgan fingerprint density at radius 1 is 1.06 bits per heavy atom. The van der Waals surface area contributed by atoms with E-state index in [9.17, 15) is 32.7 Å². The minimum absolute atomic E-state index is 0.140. The molecule has 6 atom stereocenters. The van der Waals surface area contributed by atoms with Crippen LogP contribution in [0.1, 0.15) is 49.5 Å². The molecule has 15 heteroatoms. The number of halogens is 3. The number of benzene rings is 2. The predicted octanol–water partition coefficient (Wildman–Crippen LogP) is 3.39. The standard InChI is InChI=1S/C31H33NO9.C2HF3O2/c1-17(38-29(35)25(39-18(2)33)19-8-6-5-7-9-19)28(34)40-22-12-13-31(36)23-16-20-10-11-21(37-4)26-24(20)30(31,27(22)41-26)14-15-32(23)3;3-2(4,5)1(6)7/h5-12,17,23,25,27,36H,13-16H2,1-4H3;(H,6,7)/t17-,23?,25-,27-,30-,31-;/m0./s1. The van der Waals surface area contributed by atoms with Crippen LogP contribution in [0.5, 0.6) is 11.5 Å². The van der Waals surface area contributed by atoms with Gasteiger partial charge in [-0.25, -0.2) is 14.4 Å². The summed E-state index contributed by atoms with van der Waals surface area (Å²) in [6.45, 7) is 3.32. The number of carboxylic acids is 1. The van der Waals surface area contributed by atoms with Crippen LogP contribution in [0.3, 0.4) is 0 Å². The molecule has 1 unspecified atom stereocenters. The minimum Gasteiger partial charge on any atom is -0.493 e. The number of esters is 3. The molecule has 2 bridgehead atoms. The fourth-order valence-corrected chi connectivity index (χ4v) is 7.12. The summed E-state index contributed by atoms with van der Waals surface area (Å²) in [7, 11) is 3.59. The van der Waals surface area contributed by atoms with Gasteiger partial charge in [-0.3, -0.25) is 4.79 Å². The normalized spacial score (nSPS) is 26.2. The number of hydrogen-bond donors (Lipinski definition) is 2. The molecule has 4 aliphatic rings. The highest BCUT2D eigenvalue weighted by Gasteiger charge is 2.72. The third-order valence-corrected chi connectivity index (χ3v) is 9.24. The summed E-state index contributed by atoms with van der Waals surface area (Å²) in [5, 5.41) is 19.4. The number of carbonyl (C=O) groups excluding carboxylic acids is 3. The van der Waals surface area contributed by atoms with Gasteiger partial charge >= 0.3 is 30.1 Å². The number of alkyl halides is 3. The van der Waals surface area contributed by atoms with Crippen molar-refractivity contribution >= 4 is 23.9 Å². The first-order valence-corrected chi connectivity index (χ1v) is 15.0. The molecule has 6 rings (SSSR count). The molecule has 0 radical (unpaired) electrons. The van der Waals surface area contributed by atoms with Crippen LogP contribution in [0.2, 0.25) is 0 Å². The van der Waals surface area contributed by atoms with Crippen LogP contribution < -0.4 is 9.47 Å². The van der Waals surface area contributed by atoms with Crippen molar-refractivity contribution in [1.82, 2.24) is 4.90 Å². The average Bonchev–Trinajstić information content (AvgIpc) is 3.39. The molecular formula is C33H34F3NO11. The second kappa shape index (κ2) is 12.8. The first-order valence-electron chi connectivity index (χ1n) is 15.0. The van der Waals surface area contributed by atoms with Gasteiger partial charge < -0.3 is 38.8 Å². The van der Waals surface area contributed by atoms with Crippen LogP contribution in [0.25, 0.3) is 0 Å². The Morgan fingerprint density at radius 2 is 1.73 bits per heavy atom. The van der Waals surface area contributed by atoms with Crippen LogP contribution >= 0.6 is 0 Å². The second-order valence-electron chi connectivity index (χ2n) is 12.0. The number of methoxy groups -OCH3 is 1. The summed E-state index contributed by atoms with van der Waals surface area (Å²) < 4.78 is 60.3. The lowest BCUT2D eigenvalue weighted by Gasteiger charge is -2.61. The van der Waals surface area contributed by atoms with E-state index in [0.29, 0.717) is 29.9 Å². The molecule has 2 aliphatic carbocycles. The third-order valence-electron chi connectivity index (χ3n) is 9.24. The van der Waals surface area contributed by atoms with Gasteiger partial charge in [0.25, 0.3) is 0 Å². The third kappa shape index (κ3) is 5.85. The molecule has 48 heavy (non-hydrogen) atoms. The molecule has 0 aromatic heterocycles. The van der Waals surface area contributed by atoms with Crippen molar-refractivity contribution in [3.63, 3.8) is 0 Å². The highest BCUT2D eigenvalue weighted by atomic mass is 19.4. The van der Waals surface area contributed by atoms with E-state index < -0.39 is 59.4 Å². The number of likely N-dealkylation sites (N-methyl/N-ethyl adjacent to an activating group) is 1. The van der Waals surface area contributed by atoms with E-state index in [2.05, 4.69) is 4.90 Å². The van der Waals surface area contributed by atoms with Crippen LogP contribution in [0.15, 0.2) is 54.3 Å². The Labute approximate surface area is 273 Å². The van der Waals surface area contributed by atoms with Crippen molar-refractivity contribution in [1.29, 1.82) is 0 Å². The topological polar surface area (TPSA) is 158 Å². The molecule has 1 saturated heterocycles. The van der Waals surface area contributed by atoms with Gasteiger partial charge in [0, 0.05) is 30.5 Å². The number of piperidine rings is 1. The molecule has 12 nitrogen and oxygen atoms in total. The van der Waals surface area contributed by atoms with Crippen LogP contribution in [0, 0.1) is 0 Å². The highest BCUT2D eigenvalue weighted by Crippen LogP contribution is 2.65. The van der Waals surface area contributed by atoms with Gasteiger partial charge in [-0.1, -0.05) is 36.4 Å². The molecule has 1 spiro atoms. The molecule has 2 aromatic carbocycles. The molecule has 2 aromatic rings. The average molecular weight is 678 g/mol. The lowest BCUT2D eigenvalue weighted by molar-refractivity contribution is -0.192. The van der Waals surface area contributed by atoms with Crippen LogP contribution in [-0.4, -0.2) is 89.7 Å². The zero-order valence-corrected chi connectivity index (χ0v) is 26.4. The molecule has 0 amide bonds. The molecule has 2 heterocycles. The van der Waals surface area contributed by atoms with Crippen molar-refractivity contribution < 1.29 is 66.2 Å². The number of rotatable bonds is 7.